The molecular weight excluding hydrogens is 502 g/mol. The van der Waals surface area contributed by atoms with Crippen LogP contribution in [0.4, 0.5) is 5.69 Å². The van der Waals surface area contributed by atoms with Crippen molar-refractivity contribution in [1.29, 1.82) is 0 Å². The van der Waals surface area contributed by atoms with Crippen molar-refractivity contribution in [2.45, 2.75) is 11.4 Å². The van der Waals surface area contributed by atoms with E-state index in [1.807, 2.05) is 17.0 Å². The number of amides is 1. The summed E-state index contributed by atoms with van der Waals surface area (Å²) in [5.41, 5.74) is 2.00. The number of rotatable bonds is 8. The van der Waals surface area contributed by atoms with E-state index in [2.05, 4.69) is 9.62 Å². The first kappa shape index (κ1) is 25.8. The van der Waals surface area contributed by atoms with Gasteiger partial charge in [-0.3, -0.25) is 14.4 Å². The number of nitrogens with zero attached hydrogens (tertiary/aromatic N) is 2. The highest BCUT2D eigenvalue weighted by atomic mass is 35.5. The first-order chi connectivity index (χ1) is 17.3. The van der Waals surface area contributed by atoms with Crippen LogP contribution in [0.1, 0.15) is 15.9 Å². The summed E-state index contributed by atoms with van der Waals surface area (Å²) >= 11 is 6.08. The standard InChI is InChI=1S/C26H28ClN3O5S/c1-34-22-8-10-23(11-9-22)36(32,33)28-21-6-3-19(4-7-21)18-29-13-15-30(16-14-29)26(31)24-17-20(27)5-12-25(24)35-2/h3-12,17,28H,13-16,18H2,1-2H3. The van der Waals surface area contributed by atoms with Crippen molar-refractivity contribution < 1.29 is 22.7 Å². The van der Waals surface area contributed by atoms with Crippen molar-refractivity contribution in [3.05, 3.63) is 82.9 Å². The molecule has 0 atom stereocenters. The monoisotopic (exact) mass is 529 g/mol. The van der Waals surface area contributed by atoms with E-state index in [9.17, 15) is 13.2 Å². The third-order valence-electron chi connectivity index (χ3n) is 6.03. The Kier molecular flexibility index (Phi) is 8.03. The molecule has 8 nitrogen and oxygen atoms in total. The molecule has 1 saturated heterocycles. The quantitative estimate of drug-likeness (QED) is 0.472. The van der Waals surface area contributed by atoms with Crippen molar-refractivity contribution in [2.24, 2.45) is 0 Å². The Morgan fingerprint density at radius 1 is 0.917 bits per heavy atom. The first-order valence-electron chi connectivity index (χ1n) is 11.4. The van der Waals surface area contributed by atoms with Crippen LogP contribution in [0, 0.1) is 0 Å². The van der Waals surface area contributed by atoms with E-state index >= 15 is 0 Å². The molecule has 1 aliphatic heterocycles. The lowest BCUT2D eigenvalue weighted by molar-refractivity contribution is 0.0625. The molecule has 1 N–H and O–H groups in total. The van der Waals surface area contributed by atoms with Gasteiger partial charge in [0, 0.05) is 43.4 Å². The molecule has 1 heterocycles. The average molecular weight is 530 g/mol. The maximum atomic E-state index is 13.0. The second kappa shape index (κ2) is 11.2. The predicted molar refractivity (Wildman–Crippen MR) is 139 cm³/mol. The number of carbonyl (C=O) groups is 1. The Morgan fingerprint density at radius 2 is 1.58 bits per heavy atom. The number of benzene rings is 3. The Labute approximate surface area is 216 Å². The number of ether oxygens (including phenoxy) is 2. The molecule has 1 amide bonds. The molecular formula is C26H28ClN3O5S. The maximum Gasteiger partial charge on any atom is 0.261 e. The molecule has 3 aromatic rings. The van der Waals surface area contributed by atoms with Gasteiger partial charge in [-0.05, 0) is 60.2 Å². The molecule has 0 radical (unpaired) electrons. The van der Waals surface area contributed by atoms with Gasteiger partial charge in [-0.15, -0.1) is 0 Å². The van der Waals surface area contributed by atoms with Gasteiger partial charge in [0.05, 0.1) is 24.7 Å². The number of sulfonamides is 1. The fraction of sp³-hybridized carbons (Fsp3) is 0.269. The van der Waals surface area contributed by atoms with Crippen LogP contribution in [0.3, 0.4) is 0 Å². The molecule has 4 rings (SSSR count). The molecule has 3 aromatic carbocycles. The van der Waals surface area contributed by atoms with Gasteiger partial charge >= 0.3 is 0 Å². The fourth-order valence-electron chi connectivity index (χ4n) is 4.03. The molecule has 0 spiro atoms. The van der Waals surface area contributed by atoms with Gasteiger partial charge in [0.2, 0.25) is 0 Å². The first-order valence-corrected chi connectivity index (χ1v) is 13.3. The van der Waals surface area contributed by atoms with Crippen LogP contribution >= 0.6 is 11.6 Å². The molecule has 10 heteroatoms. The average Bonchev–Trinajstić information content (AvgIpc) is 2.89. The van der Waals surface area contributed by atoms with Crippen LogP contribution in [0.15, 0.2) is 71.6 Å². The molecule has 0 bridgehead atoms. The highest BCUT2D eigenvalue weighted by Gasteiger charge is 2.24. The van der Waals surface area contributed by atoms with Crippen LogP contribution in [0.2, 0.25) is 5.02 Å². The molecule has 0 aliphatic carbocycles. The van der Waals surface area contributed by atoms with Gasteiger partial charge in [0.15, 0.2) is 0 Å². The smallest absolute Gasteiger partial charge is 0.261 e. The largest absolute Gasteiger partial charge is 0.497 e. The number of halogens is 1. The van der Waals surface area contributed by atoms with E-state index in [1.54, 1.807) is 42.5 Å². The van der Waals surface area contributed by atoms with E-state index in [0.29, 0.717) is 47.4 Å². The SMILES string of the molecule is COc1ccc(S(=O)(=O)Nc2ccc(CN3CCN(C(=O)c4cc(Cl)ccc4OC)CC3)cc2)cc1. The molecule has 0 unspecified atom stereocenters. The number of carbonyl (C=O) groups excluding carboxylic acids is 1. The summed E-state index contributed by atoms with van der Waals surface area (Å²) in [6.07, 6.45) is 0. The van der Waals surface area contributed by atoms with E-state index in [-0.39, 0.29) is 10.8 Å². The summed E-state index contributed by atoms with van der Waals surface area (Å²) < 4.78 is 38.3. The molecule has 1 aliphatic rings. The Balaban J connectivity index is 1.32. The molecule has 36 heavy (non-hydrogen) atoms. The third-order valence-corrected chi connectivity index (χ3v) is 7.67. The molecule has 1 fully saturated rings. The lowest BCUT2D eigenvalue weighted by atomic mass is 10.1. The van der Waals surface area contributed by atoms with Gasteiger partial charge < -0.3 is 14.4 Å². The summed E-state index contributed by atoms with van der Waals surface area (Å²) in [6.45, 7) is 3.33. The molecule has 0 aromatic heterocycles. The summed E-state index contributed by atoms with van der Waals surface area (Å²) in [4.78, 5) is 17.2. The highest BCUT2D eigenvalue weighted by Crippen LogP contribution is 2.25. The number of nitrogens with one attached hydrogen (secondary N) is 1. The van der Waals surface area contributed by atoms with E-state index in [0.717, 1.165) is 18.7 Å². The number of piperazine rings is 1. The second-order valence-corrected chi connectivity index (χ2v) is 10.5. The zero-order chi connectivity index (χ0) is 25.7. The summed E-state index contributed by atoms with van der Waals surface area (Å²) in [5.74, 6) is 1.00. The van der Waals surface area contributed by atoms with Crippen LogP contribution < -0.4 is 14.2 Å². The maximum absolute atomic E-state index is 13.0. The lowest BCUT2D eigenvalue weighted by Crippen LogP contribution is -2.48. The van der Waals surface area contributed by atoms with Crippen molar-refractivity contribution in [3.63, 3.8) is 0 Å². The summed E-state index contributed by atoms with van der Waals surface area (Å²) in [6, 6.07) is 18.6. The number of hydrogen-bond acceptors (Lipinski definition) is 6. The van der Waals surface area contributed by atoms with Crippen LogP contribution in [0.5, 0.6) is 11.5 Å². The van der Waals surface area contributed by atoms with Gasteiger partial charge in [-0.2, -0.15) is 0 Å². The normalized spacial score (nSPS) is 14.4. The van der Waals surface area contributed by atoms with E-state index < -0.39 is 10.0 Å². The molecule has 0 saturated carbocycles. The Bertz CT molecular complexity index is 1310. The fourth-order valence-corrected chi connectivity index (χ4v) is 5.26. The lowest BCUT2D eigenvalue weighted by Gasteiger charge is -2.35. The van der Waals surface area contributed by atoms with Crippen LogP contribution in [-0.2, 0) is 16.6 Å². The van der Waals surface area contributed by atoms with Crippen molar-refractivity contribution in [2.75, 3.05) is 45.1 Å². The zero-order valence-corrected chi connectivity index (χ0v) is 21.7. The summed E-state index contributed by atoms with van der Waals surface area (Å²) in [7, 11) is -0.630. The second-order valence-electron chi connectivity index (χ2n) is 8.39. The predicted octanol–water partition coefficient (Wildman–Crippen LogP) is 4.12. The van der Waals surface area contributed by atoms with Crippen LogP contribution in [-0.4, -0.2) is 64.5 Å². The Morgan fingerprint density at radius 3 is 2.19 bits per heavy atom. The van der Waals surface area contributed by atoms with Gasteiger partial charge in [-0.1, -0.05) is 23.7 Å². The van der Waals surface area contributed by atoms with Gasteiger partial charge in [-0.25, -0.2) is 8.42 Å². The van der Waals surface area contributed by atoms with Gasteiger partial charge in [0.25, 0.3) is 15.9 Å². The number of methoxy groups -OCH3 is 2. The van der Waals surface area contributed by atoms with E-state index in [1.165, 1.54) is 26.4 Å². The van der Waals surface area contributed by atoms with Gasteiger partial charge in [0.1, 0.15) is 11.5 Å². The van der Waals surface area contributed by atoms with Crippen LogP contribution in [0.25, 0.3) is 0 Å². The third kappa shape index (κ3) is 6.10. The number of anilines is 1. The van der Waals surface area contributed by atoms with E-state index in [4.69, 9.17) is 21.1 Å². The van der Waals surface area contributed by atoms with Crippen molar-refractivity contribution in [1.82, 2.24) is 9.80 Å². The number of hydrogen-bond donors (Lipinski definition) is 1. The minimum absolute atomic E-state index is 0.0949. The zero-order valence-electron chi connectivity index (χ0n) is 20.1. The van der Waals surface area contributed by atoms with Crippen molar-refractivity contribution in [3.8, 4) is 11.5 Å². The molecule has 190 valence electrons. The minimum atomic E-state index is -3.69. The topological polar surface area (TPSA) is 88.2 Å². The minimum Gasteiger partial charge on any atom is -0.497 e. The van der Waals surface area contributed by atoms with Crippen molar-refractivity contribution >= 4 is 33.2 Å². The highest BCUT2D eigenvalue weighted by molar-refractivity contribution is 7.92. The summed E-state index contributed by atoms with van der Waals surface area (Å²) in [5, 5.41) is 0.493. The Hall–Kier alpha value is -3.27.